The second-order valence-corrected chi connectivity index (χ2v) is 9.51. The Morgan fingerprint density at radius 2 is 1.79 bits per heavy atom. The van der Waals surface area contributed by atoms with Crippen LogP contribution in [0.5, 0.6) is 17.2 Å². The summed E-state index contributed by atoms with van der Waals surface area (Å²) in [6.45, 7) is 9.13. The Morgan fingerprint density at radius 1 is 1.06 bits per heavy atom. The van der Waals surface area contributed by atoms with Gasteiger partial charge in [0.2, 0.25) is 11.8 Å². The van der Waals surface area contributed by atoms with Gasteiger partial charge >= 0.3 is 0 Å². The Morgan fingerprint density at radius 3 is 2.47 bits per heavy atom. The Balaban J connectivity index is 1.79. The molecule has 2 aromatic carbocycles. The molecular formula is C27H36N2O5. The normalized spacial score (nSPS) is 13.7. The SMILES string of the molecule is CCC(C(=O)NC(C)(C)C)N(Cc1cccc(OC)c1)C(=O)CCc1ccc2c(c1)OCCO2. The van der Waals surface area contributed by atoms with Crippen LogP contribution >= 0.6 is 0 Å². The van der Waals surface area contributed by atoms with Gasteiger partial charge in [0.05, 0.1) is 7.11 Å². The maximum absolute atomic E-state index is 13.5. The van der Waals surface area contributed by atoms with Crippen molar-refractivity contribution in [3.8, 4) is 17.2 Å². The molecule has 7 heteroatoms. The first-order valence-corrected chi connectivity index (χ1v) is 11.8. The van der Waals surface area contributed by atoms with Crippen molar-refractivity contribution in [3.63, 3.8) is 0 Å². The largest absolute Gasteiger partial charge is 0.497 e. The first kappa shape index (κ1) is 25.4. The van der Waals surface area contributed by atoms with E-state index in [-0.39, 0.29) is 23.8 Å². The monoisotopic (exact) mass is 468 g/mol. The van der Waals surface area contributed by atoms with Gasteiger partial charge in [0.25, 0.3) is 0 Å². The number of carbonyl (C=O) groups excluding carboxylic acids is 2. The van der Waals surface area contributed by atoms with E-state index in [0.717, 1.165) is 16.9 Å². The second-order valence-electron chi connectivity index (χ2n) is 9.51. The highest BCUT2D eigenvalue weighted by atomic mass is 16.6. The van der Waals surface area contributed by atoms with Crippen LogP contribution in [-0.2, 0) is 22.6 Å². The number of fused-ring (bicyclic) bond motifs is 1. The number of methoxy groups -OCH3 is 1. The first-order valence-electron chi connectivity index (χ1n) is 11.8. The summed E-state index contributed by atoms with van der Waals surface area (Å²) in [6.07, 6.45) is 1.34. The van der Waals surface area contributed by atoms with Crippen molar-refractivity contribution in [2.75, 3.05) is 20.3 Å². The molecule has 0 fully saturated rings. The van der Waals surface area contributed by atoms with E-state index in [2.05, 4.69) is 5.32 Å². The summed E-state index contributed by atoms with van der Waals surface area (Å²) in [5.41, 5.74) is 1.51. The number of carbonyl (C=O) groups is 2. The van der Waals surface area contributed by atoms with E-state index in [0.29, 0.717) is 44.1 Å². The van der Waals surface area contributed by atoms with Crippen molar-refractivity contribution >= 4 is 11.8 Å². The van der Waals surface area contributed by atoms with E-state index in [1.165, 1.54) is 0 Å². The van der Waals surface area contributed by atoms with Crippen LogP contribution in [0, 0.1) is 0 Å². The summed E-state index contributed by atoms with van der Waals surface area (Å²) in [4.78, 5) is 28.3. The predicted molar refractivity (Wildman–Crippen MR) is 131 cm³/mol. The van der Waals surface area contributed by atoms with Gasteiger partial charge in [0.15, 0.2) is 11.5 Å². The molecule has 1 atom stereocenters. The zero-order valence-electron chi connectivity index (χ0n) is 20.8. The van der Waals surface area contributed by atoms with Crippen molar-refractivity contribution in [1.29, 1.82) is 0 Å². The number of aryl methyl sites for hydroxylation is 1. The third-order valence-electron chi connectivity index (χ3n) is 5.61. The maximum atomic E-state index is 13.5. The molecule has 2 aromatic rings. The molecule has 2 amide bonds. The molecule has 0 spiro atoms. The van der Waals surface area contributed by atoms with Gasteiger partial charge in [0.1, 0.15) is 25.0 Å². The average Bonchev–Trinajstić information content (AvgIpc) is 2.81. The molecule has 0 bridgehead atoms. The Labute approximate surface area is 202 Å². The predicted octanol–water partition coefficient (Wildman–Crippen LogP) is 4.12. The summed E-state index contributed by atoms with van der Waals surface area (Å²) >= 11 is 0. The third kappa shape index (κ3) is 6.89. The number of nitrogens with zero attached hydrogens (tertiary/aromatic N) is 1. The van der Waals surface area contributed by atoms with Crippen LogP contribution in [0.3, 0.4) is 0 Å². The molecule has 0 aromatic heterocycles. The summed E-state index contributed by atoms with van der Waals surface area (Å²) in [6, 6.07) is 12.8. The molecule has 184 valence electrons. The molecule has 1 N–H and O–H groups in total. The fraction of sp³-hybridized carbons (Fsp3) is 0.481. The van der Waals surface area contributed by atoms with Crippen molar-refractivity contribution in [2.45, 2.75) is 65.1 Å². The van der Waals surface area contributed by atoms with Crippen LogP contribution < -0.4 is 19.5 Å². The number of ether oxygens (including phenoxy) is 3. The standard InChI is InChI=1S/C27H36N2O5/c1-6-22(26(31)28-27(2,3)4)29(18-20-8-7-9-21(16-20)32-5)25(30)13-11-19-10-12-23-24(17-19)34-15-14-33-23/h7-10,12,16-17,22H,6,11,13-15,18H2,1-5H3,(H,28,31). The highest BCUT2D eigenvalue weighted by Gasteiger charge is 2.30. The van der Waals surface area contributed by atoms with Gasteiger partial charge in [-0.05, 0) is 69.0 Å². The Hall–Kier alpha value is -3.22. The van der Waals surface area contributed by atoms with Crippen molar-refractivity contribution < 1.29 is 23.8 Å². The highest BCUT2D eigenvalue weighted by Crippen LogP contribution is 2.31. The van der Waals surface area contributed by atoms with Crippen LogP contribution in [-0.4, -0.2) is 48.6 Å². The third-order valence-corrected chi connectivity index (χ3v) is 5.61. The number of benzene rings is 2. The van der Waals surface area contributed by atoms with E-state index in [1.54, 1.807) is 12.0 Å². The molecule has 1 heterocycles. The van der Waals surface area contributed by atoms with E-state index in [4.69, 9.17) is 14.2 Å². The number of amides is 2. The van der Waals surface area contributed by atoms with E-state index < -0.39 is 6.04 Å². The lowest BCUT2D eigenvalue weighted by Crippen LogP contribution is -2.53. The molecule has 0 saturated heterocycles. The molecule has 3 rings (SSSR count). The van der Waals surface area contributed by atoms with Crippen LogP contribution in [0.4, 0.5) is 0 Å². The fourth-order valence-electron chi connectivity index (χ4n) is 3.98. The lowest BCUT2D eigenvalue weighted by atomic mass is 10.0. The molecule has 34 heavy (non-hydrogen) atoms. The molecule has 7 nitrogen and oxygen atoms in total. The lowest BCUT2D eigenvalue weighted by molar-refractivity contribution is -0.142. The molecular weight excluding hydrogens is 432 g/mol. The fourth-order valence-corrected chi connectivity index (χ4v) is 3.98. The number of rotatable bonds is 9. The smallest absolute Gasteiger partial charge is 0.243 e. The highest BCUT2D eigenvalue weighted by molar-refractivity contribution is 5.88. The van der Waals surface area contributed by atoms with Crippen LogP contribution in [0.25, 0.3) is 0 Å². The van der Waals surface area contributed by atoms with Gasteiger partial charge < -0.3 is 24.4 Å². The number of nitrogens with one attached hydrogen (secondary N) is 1. The Bertz CT molecular complexity index is 999. The molecule has 0 aliphatic carbocycles. The van der Waals surface area contributed by atoms with Crippen molar-refractivity contribution in [1.82, 2.24) is 10.2 Å². The van der Waals surface area contributed by atoms with Gasteiger partial charge in [-0.1, -0.05) is 25.1 Å². The molecule has 0 saturated carbocycles. The molecule has 0 radical (unpaired) electrons. The number of hydrogen-bond donors (Lipinski definition) is 1. The number of hydrogen-bond acceptors (Lipinski definition) is 5. The van der Waals surface area contributed by atoms with Crippen molar-refractivity contribution in [2.24, 2.45) is 0 Å². The van der Waals surface area contributed by atoms with Gasteiger partial charge in [-0.15, -0.1) is 0 Å². The maximum Gasteiger partial charge on any atom is 0.243 e. The van der Waals surface area contributed by atoms with Gasteiger partial charge in [0, 0.05) is 18.5 Å². The van der Waals surface area contributed by atoms with E-state index >= 15 is 0 Å². The van der Waals surface area contributed by atoms with Gasteiger partial charge in [-0.25, -0.2) is 0 Å². The Kier molecular flexibility index (Phi) is 8.42. The molecule has 1 aliphatic rings. The second kappa shape index (κ2) is 11.3. The summed E-state index contributed by atoms with van der Waals surface area (Å²) in [5, 5.41) is 3.03. The van der Waals surface area contributed by atoms with Crippen molar-refractivity contribution in [3.05, 3.63) is 53.6 Å². The quantitative estimate of drug-likeness (QED) is 0.599. The van der Waals surface area contributed by atoms with Crippen LogP contribution in [0.2, 0.25) is 0 Å². The summed E-state index contributed by atoms with van der Waals surface area (Å²) < 4.78 is 16.6. The van der Waals surface area contributed by atoms with Gasteiger partial charge in [-0.2, -0.15) is 0 Å². The minimum atomic E-state index is -0.571. The molecule has 1 aliphatic heterocycles. The van der Waals surface area contributed by atoms with E-state index in [1.807, 2.05) is 70.2 Å². The topological polar surface area (TPSA) is 77.1 Å². The summed E-state index contributed by atoms with van der Waals surface area (Å²) in [7, 11) is 1.61. The molecule has 1 unspecified atom stereocenters. The zero-order valence-corrected chi connectivity index (χ0v) is 20.8. The van der Waals surface area contributed by atoms with Gasteiger partial charge in [-0.3, -0.25) is 9.59 Å². The first-order chi connectivity index (χ1) is 16.2. The minimum absolute atomic E-state index is 0.0754. The average molecular weight is 469 g/mol. The van der Waals surface area contributed by atoms with E-state index in [9.17, 15) is 9.59 Å². The van der Waals surface area contributed by atoms with Crippen LogP contribution in [0.15, 0.2) is 42.5 Å². The summed E-state index contributed by atoms with van der Waals surface area (Å²) in [5.74, 6) is 1.93. The minimum Gasteiger partial charge on any atom is -0.497 e. The zero-order chi connectivity index (χ0) is 24.7. The lowest BCUT2D eigenvalue weighted by Gasteiger charge is -2.33. The van der Waals surface area contributed by atoms with Crippen LogP contribution in [0.1, 0.15) is 51.7 Å².